The number of carbonyl (C=O) groups excluding carboxylic acids is 1. The first-order chi connectivity index (χ1) is 9.84. The highest BCUT2D eigenvalue weighted by molar-refractivity contribution is 7.10. The Morgan fingerprint density at radius 3 is 2.85 bits per heavy atom. The number of hydrogen-bond acceptors (Lipinski definition) is 3. The number of carbonyl (C=O) groups is 1. The molecule has 1 aliphatic rings. The summed E-state index contributed by atoms with van der Waals surface area (Å²) in [7, 11) is 0. The van der Waals surface area contributed by atoms with E-state index in [0.717, 1.165) is 24.5 Å². The molecule has 2 aromatic rings. The van der Waals surface area contributed by atoms with Crippen LogP contribution in [0.2, 0.25) is 0 Å². The molecule has 1 aromatic carbocycles. The Bertz CT molecular complexity index is 553. The van der Waals surface area contributed by atoms with Gasteiger partial charge in [-0.2, -0.15) is 0 Å². The third-order valence-electron chi connectivity index (χ3n) is 3.65. The molecule has 1 fully saturated rings. The summed E-state index contributed by atoms with van der Waals surface area (Å²) in [6, 6.07) is 14.5. The molecule has 104 valence electrons. The second-order valence-electron chi connectivity index (χ2n) is 4.97. The molecule has 1 aromatic heterocycles. The van der Waals surface area contributed by atoms with Gasteiger partial charge in [-0.05, 0) is 17.0 Å². The summed E-state index contributed by atoms with van der Waals surface area (Å²) in [5, 5.41) is 5.41. The fourth-order valence-corrected chi connectivity index (χ4v) is 3.34. The third kappa shape index (κ3) is 2.92. The number of nitrogens with one attached hydrogen (secondary N) is 1. The van der Waals surface area contributed by atoms with Gasteiger partial charge >= 0.3 is 0 Å². The van der Waals surface area contributed by atoms with E-state index in [4.69, 9.17) is 0 Å². The highest BCUT2D eigenvalue weighted by atomic mass is 32.1. The summed E-state index contributed by atoms with van der Waals surface area (Å²) in [5.74, 6) is 0.225. The van der Waals surface area contributed by atoms with Crippen molar-refractivity contribution in [2.24, 2.45) is 0 Å². The molecule has 3 rings (SSSR count). The Labute approximate surface area is 123 Å². The lowest BCUT2D eigenvalue weighted by molar-refractivity contribution is -0.133. The minimum absolute atomic E-state index is 0.150. The van der Waals surface area contributed by atoms with Crippen LogP contribution in [-0.2, 0) is 11.2 Å². The van der Waals surface area contributed by atoms with Crippen molar-refractivity contribution in [1.29, 1.82) is 0 Å². The summed E-state index contributed by atoms with van der Waals surface area (Å²) in [6.07, 6.45) is 0.515. The Balaban J connectivity index is 1.77. The summed E-state index contributed by atoms with van der Waals surface area (Å²) >= 11 is 1.65. The average molecular weight is 286 g/mol. The molecule has 0 spiro atoms. The van der Waals surface area contributed by atoms with Crippen LogP contribution in [0.25, 0.3) is 0 Å². The molecule has 2 heterocycles. The molecular formula is C16H18N2OS. The van der Waals surface area contributed by atoms with Crippen molar-refractivity contribution in [2.75, 3.05) is 19.6 Å². The Morgan fingerprint density at radius 2 is 2.10 bits per heavy atom. The van der Waals surface area contributed by atoms with Crippen molar-refractivity contribution in [3.05, 3.63) is 58.3 Å². The van der Waals surface area contributed by atoms with E-state index in [2.05, 4.69) is 17.4 Å². The van der Waals surface area contributed by atoms with Gasteiger partial charge in [0.15, 0.2) is 0 Å². The maximum atomic E-state index is 12.6. The van der Waals surface area contributed by atoms with Gasteiger partial charge in [0.25, 0.3) is 0 Å². The summed E-state index contributed by atoms with van der Waals surface area (Å²) in [5.41, 5.74) is 1.21. The number of nitrogens with zero attached hydrogens (tertiary/aromatic N) is 1. The minimum Gasteiger partial charge on any atom is -0.333 e. The fraction of sp³-hybridized carbons (Fsp3) is 0.312. The molecule has 0 saturated carbocycles. The molecule has 1 aliphatic heterocycles. The van der Waals surface area contributed by atoms with Crippen molar-refractivity contribution in [2.45, 2.75) is 12.5 Å². The quantitative estimate of drug-likeness (QED) is 0.940. The lowest BCUT2D eigenvalue weighted by Gasteiger charge is -2.36. The SMILES string of the molecule is O=C(Cc1cccs1)N1CCNC[C@H]1c1ccccc1. The van der Waals surface area contributed by atoms with E-state index >= 15 is 0 Å². The van der Waals surface area contributed by atoms with Gasteiger partial charge in [-0.15, -0.1) is 11.3 Å². The van der Waals surface area contributed by atoms with Gasteiger partial charge in [0.2, 0.25) is 5.91 Å². The molecular weight excluding hydrogens is 268 g/mol. The topological polar surface area (TPSA) is 32.3 Å². The maximum Gasteiger partial charge on any atom is 0.228 e. The lowest BCUT2D eigenvalue weighted by Crippen LogP contribution is -2.49. The van der Waals surface area contributed by atoms with E-state index in [1.54, 1.807) is 11.3 Å². The van der Waals surface area contributed by atoms with Crippen LogP contribution in [0.4, 0.5) is 0 Å². The Kier molecular flexibility index (Phi) is 4.14. The fourth-order valence-electron chi connectivity index (χ4n) is 2.64. The first-order valence-electron chi connectivity index (χ1n) is 6.92. The monoisotopic (exact) mass is 286 g/mol. The van der Waals surface area contributed by atoms with Gasteiger partial charge in [0.05, 0.1) is 12.5 Å². The van der Waals surface area contributed by atoms with Gasteiger partial charge in [-0.3, -0.25) is 4.79 Å². The van der Waals surface area contributed by atoms with Crippen LogP contribution in [0.15, 0.2) is 47.8 Å². The number of amides is 1. The average Bonchev–Trinajstić information content (AvgIpc) is 3.01. The van der Waals surface area contributed by atoms with Crippen molar-refractivity contribution in [3.8, 4) is 0 Å². The minimum atomic E-state index is 0.150. The van der Waals surface area contributed by atoms with Crippen LogP contribution in [0.1, 0.15) is 16.5 Å². The number of hydrogen-bond donors (Lipinski definition) is 1. The first-order valence-corrected chi connectivity index (χ1v) is 7.80. The highest BCUT2D eigenvalue weighted by Gasteiger charge is 2.27. The Hall–Kier alpha value is -1.65. The van der Waals surface area contributed by atoms with Crippen LogP contribution in [0.3, 0.4) is 0 Å². The predicted molar refractivity (Wildman–Crippen MR) is 81.8 cm³/mol. The van der Waals surface area contributed by atoms with Crippen LogP contribution in [-0.4, -0.2) is 30.4 Å². The molecule has 0 bridgehead atoms. The molecule has 0 radical (unpaired) electrons. The molecule has 1 saturated heterocycles. The number of benzene rings is 1. The number of rotatable bonds is 3. The highest BCUT2D eigenvalue weighted by Crippen LogP contribution is 2.23. The summed E-state index contributed by atoms with van der Waals surface area (Å²) < 4.78 is 0. The van der Waals surface area contributed by atoms with Crippen molar-refractivity contribution >= 4 is 17.2 Å². The summed E-state index contributed by atoms with van der Waals surface area (Å²) in [6.45, 7) is 2.49. The second-order valence-corrected chi connectivity index (χ2v) is 6.01. The molecule has 1 atom stereocenters. The molecule has 0 unspecified atom stereocenters. The zero-order chi connectivity index (χ0) is 13.8. The normalized spacial score (nSPS) is 19.0. The Morgan fingerprint density at radius 1 is 1.25 bits per heavy atom. The van der Waals surface area contributed by atoms with E-state index in [1.807, 2.05) is 40.6 Å². The van der Waals surface area contributed by atoms with Gasteiger partial charge in [0.1, 0.15) is 0 Å². The van der Waals surface area contributed by atoms with E-state index < -0.39 is 0 Å². The van der Waals surface area contributed by atoms with Crippen molar-refractivity contribution < 1.29 is 4.79 Å². The molecule has 0 aliphatic carbocycles. The predicted octanol–water partition coefficient (Wildman–Crippen LogP) is 2.46. The summed E-state index contributed by atoms with van der Waals surface area (Å²) in [4.78, 5) is 15.7. The smallest absolute Gasteiger partial charge is 0.228 e. The van der Waals surface area contributed by atoms with Crippen LogP contribution in [0.5, 0.6) is 0 Å². The van der Waals surface area contributed by atoms with E-state index in [-0.39, 0.29) is 11.9 Å². The molecule has 1 N–H and O–H groups in total. The molecule has 4 heteroatoms. The van der Waals surface area contributed by atoms with Crippen LogP contribution < -0.4 is 5.32 Å². The van der Waals surface area contributed by atoms with Crippen molar-refractivity contribution in [1.82, 2.24) is 10.2 Å². The third-order valence-corrected chi connectivity index (χ3v) is 4.53. The zero-order valence-corrected chi connectivity index (χ0v) is 12.1. The van der Waals surface area contributed by atoms with Gasteiger partial charge in [-0.1, -0.05) is 36.4 Å². The maximum absolute atomic E-state index is 12.6. The van der Waals surface area contributed by atoms with Gasteiger partial charge < -0.3 is 10.2 Å². The van der Waals surface area contributed by atoms with Gasteiger partial charge in [-0.25, -0.2) is 0 Å². The van der Waals surface area contributed by atoms with Crippen LogP contribution >= 0.6 is 11.3 Å². The van der Waals surface area contributed by atoms with E-state index in [1.165, 1.54) is 5.56 Å². The largest absolute Gasteiger partial charge is 0.333 e. The standard InChI is InChI=1S/C16H18N2OS/c19-16(11-14-7-4-10-20-14)18-9-8-17-12-15(18)13-5-2-1-3-6-13/h1-7,10,15,17H,8-9,11-12H2/t15-/m0/s1. The zero-order valence-electron chi connectivity index (χ0n) is 11.3. The van der Waals surface area contributed by atoms with Gasteiger partial charge in [0, 0.05) is 24.5 Å². The lowest BCUT2D eigenvalue weighted by atomic mass is 10.0. The van der Waals surface area contributed by atoms with E-state index in [9.17, 15) is 4.79 Å². The molecule has 20 heavy (non-hydrogen) atoms. The number of piperazine rings is 1. The first kappa shape index (κ1) is 13.3. The molecule has 3 nitrogen and oxygen atoms in total. The van der Waals surface area contributed by atoms with Crippen LogP contribution in [0, 0.1) is 0 Å². The molecule has 1 amide bonds. The number of thiophene rings is 1. The second kappa shape index (κ2) is 6.20. The van der Waals surface area contributed by atoms with E-state index in [0.29, 0.717) is 6.42 Å². The van der Waals surface area contributed by atoms with Crippen molar-refractivity contribution in [3.63, 3.8) is 0 Å².